The van der Waals surface area contributed by atoms with Gasteiger partial charge in [0.05, 0.1) is 6.61 Å². The molecule has 0 spiro atoms. The lowest BCUT2D eigenvalue weighted by Gasteiger charge is -2.39. The molecule has 0 bridgehead atoms. The van der Waals surface area contributed by atoms with Gasteiger partial charge in [-0.1, -0.05) is 0 Å². The molecule has 0 aliphatic carbocycles. The van der Waals surface area contributed by atoms with E-state index < -0.39 is 44.1 Å². The molecule has 1 heterocycles. The molecule has 0 saturated carbocycles. The van der Waals surface area contributed by atoms with Crippen molar-refractivity contribution in [2.45, 2.75) is 30.7 Å². The molecule has 1 unspecified atom stereocenters. The molecular formula is C7H14O7. The fourth-order valence-corrected chi connectivity index (χ4v) is 1.28. The van der Waals surface area contributed by atoms with Crippen LogP contribution < -0.4 is 0 Å². The zero-order valence-electron chi connectivity index (χ0n) is 7.35. The fraction of sp³-hybridized carbons (Fsp3) is 1.00. The lowest BCUT2D eigenvalue weighted by molar-refractivity contribution is -0.313. The average molecular weight is 210 g/mol. The zero-order valence-corrected chi connectivity index (χ0v) is 7.35. The van der Waals surface area contributed by atoms with Crippen molar-refractivity contribution in [2.75, 3.05) is 13.4 Å². The monoisotopic (exact) mass is 210 g/mol. The standard InChI is InChI=1S/C7H14O7/c8-1-3-4(10)5(11)6(12)7(14-3)13-2-9/h3-12H,1-2H2/t3-,4-,5+,6-,7?/m1/s1. The molecule has 1 saturated heterocycles. The Bertz CT molecular complexity index is 171. The molecule has 14 heavy (non-hydrogen) atoms. The van der Waals surface area contributed by atoms with Crippen molar-refractivity contribution in [3.8, 4) is 0 Å². The van der Waals surface area contributed by atoms with Crippen molar-refractivity contribution in [3.05, 3.63) is 0 Å². The molecule has 0 radical (unpaired) electrons. The molecular weight excluding hydrogens is 196 g/mol. The normalized spacial score (nSPS) is 43.9. The van der Waals surface area contributed by atoms with Gasteiger partial charge in [0.2, 0.25) is 0 Å². The highest BCUT2D eigenvalue weighted by Crippen LogP contribution is 2.21. The van der Waals surface area contributed by atoms with Crippen molar-refractivity contribution >= 4 is 0 Å². The highest BCUT2D eigenvalue weighted by atomic mass is 16.7. The molecule has 0 aromatic rings. The number of aliphatic hydroxyl groups excluding tert-OH is 5. The van der Waals surface area contributed by atoms with E-state index in [0.717, 1.165) is 0 Å². The summed E-state index contributed by atoms with van der Waals surface area (Å²) in [5.41, 5.74) is 0. The smallest absolute Gasteiger partial charge is 0.189 e. The van der Waals surface area contributed by atoms with Gasteiger partial charge in [0.1, 0.15) is 31.2 Å². The largest absolute Gasteiger partial charge is 0.394 e. The third-order valence-corrected chi connectivity index (χ3v) is 2.09. The molecule has 1 aliphatic rings. The van der Waals surface area contributed by atoms with E-state index >= 15 is 0 Å². The van der Waals surface area contributed by atoms with Crippen LogP contribution in [0.4, 0.5) is 0 Å². The quantitative estimate of drug-likeness (QED) is 0.310. The molecule has 1 fully saturated rings. The van der Waals surface area contributed by atoms with Crippen molar-refractivity contribution in [2.24, 2.45) is 0 Å². The van der Waals surface area contributed by atoms with Crippen LogP contribution >= 0.6 is 0 Å². The Morgan fingerprint density at radius 2 is 1.64 bits per heavy atom. The molecule has 5 atom stereocenters. The summed E-state index contributed by atoms with van der Waals surface area (Å²) in [5.74, 6) is 0. The van der Waals surface area contributed by atoms with Crippen molar-refractivity contribution in [1.82, 2.24) is 0 Å². The van der Waals surface area contributed by atoms with Crippen LogP contribution in [0.25, 0.3) is 0 Å². The third-order valence-electron chi connectivity index (χ3n) is 2.09. The minimum atomic E-state index is -1.47. The maximum atomic E-state index is 9.30. The first kappa shape index (κ1) is 11.8. The number of ether oxygens (including phenoxy) is 2. The van der Waals surface area contributed by atoms with E-state index in [4.69, 9.17) is 14.9 Å². The van der Waals surface area contributed by atoms with Crippen LogP contribution in [-0.4, -0.2) is 69.6 Å². The summed E-state index contributed by atoms with van der Waals surface area (Å²) in [6, 6.07) is 0. The first-order valence-electron chi connectivity index (χ1n) is 4.14. The number of hydrogen-bond donors (Lipinski definition) is 5. The van der Waals surface area contributed by atoms with Crippen LogP contribution in [0.1, 0.15) is 0 Å². The van der Waals surface area contributed by atoms with Gasteiger partial charge in [-0.3, -0.25) is 0 Å². The summed E-state index contributed by atoms with van der Waals surface area (Å²) in [5, 5.41) is 45.1. The summed E-state index contributed by atoms with van der Waals surface area (Å²) in [6.07, 6.45) is -6.61. The van der Waals surface area contributed by atoms with Crippen LogP contribution in [0.5, 0.6) is 0 Å². The summed E-state index contributed by atoms with van der Waals surface area (Å²) >= 11 is 0. The highest BCUT2D eigenvalue weighted by molar-refractivity contribution is 4.88. The molecule has 7 heteroatoms. The van der Waals surface area contributed by atoms with E-state index in [1.54, 1.807) is 0 Å². The Kier molecular flexibility index (Phi) is 4.20. The van der Waals surface area contributed by atoms with Crippen LogP contribution in [0.2, 0.25) is 0 Å². The summed E-state index contributed by atoms with van der Waals surface area (Å²) < 4.78 is 9.43. The lowest BCUT2D eigenvalue weighted by Crippen LogP contribution is -2.59. The summed E-state index contributed by atoms with van der Waals surface area (Å²) in [6.45, 7) is -1.21. The van der Waals surface area contributed by atoms with Gasteiger partial charge in [-0.05, 0) is 0 Å². The van der Waals surface area contributed by atoms with E-state index in [1.165, 1.54) is 0 Å². The minimum absolute atomic E-state index is 0.518. The molecule has 0 amide bonds. The maximum absolute atomic E-state index is 9.30. The second kappa shape index (κ2) is 4.99. The minimum Gasteiger partial charge on any atom is -0.394 e. The zero-order chi connectivity index (χ0) is 10.7. The van der Waals surface area contributed by atoms with E-state index in [2.05, 4.69) is 4.74 Å². The van der Waals surface area contributed by atoms with Crippen molar-refractivity contribution < 1.29 is 35.0 Å². The number of hydrogen-bond acceptors (Lipinski definition) is 7. The first-order valence-corrected chi connectivity index (χ1v) is 4.14. The predicted octanol–water partition coefficient (Wildman–Crippen LogP) is -3.25. The summed E-state index contributed by atoms with van der Waals surface area (Å²) in [4.78, 5) is 0. The van der Waals surface area contributed by atoms with Gasteiger partial charge < -0.3 is 35.0 Å². The first-order chi connectivity index (χ1) is 6.61. The van der Waals surface area contributed by atoms with E-state index in [9.17, 15) is 15.3 Å². The lowest BCUT2D eigenvalue weighted by atomic mass is 9.99. The fourth-order valence-electron chi connectivity index (χ4n) is 1.28. The van der Waals surface area contributed by atoms with E-state index in [1.807, 2.05) is 0 Å². The van der Waals surface area contributed by atoms with E-state index in [0.29, 0.717) is 0 Å². The van der Waals surface area contributed by atoms with Gasteiger partial charge in [-0.25, -0.2) is 0 Å². The average Bonchev–Trinajstić information content (AvgIpc) is 2.19. The SMILES string of the molecule is OCOC1O[C@H](CO)[C@@H](O)[C@H](O)[C@H]1O. The van der Waals surface area contributed by atoms with Crippen molar-refractivity contribution in [3.63, 3.8) is 0 Å². The van der Waals surface area contributed by atoms with Crippen molar-refractivity contribution in [1.29, 1.82) is 0 Å². The maximum Gasteiger partial charge on any atom is 0.189 e. The van der Waals surface area contributed by atoms with Gasteiger partial charge >= 0.3 is 0 Å². The van der Waals surface area contributed by atoms with Crippen LogP contribution in [0, 0.1) is 0 Å². The number of rotatable bonds is 3. The van der Waals surface area contributed by atoms with Crippen LogP contribution in [-0.2, 0) is 9.47 Å². The van der Waals surface area contributed by atoms with Gasteiger partial charge in [0.15, 0.2) is 6.29 Å². The van der Waals surface area contributed by atoms with Gasteiger partial charge in [-0.15, -0.1) is 0 Å². The second-order valence-corrected chi connectivity index (χ2v) is 2.99. The Hall–Kier alpha value is -0.280. The Balaban J connectivity index is 2.63. The molecule has 1 rings (SSSR count). The number of aliphatic hydroxyl groups is 5. The molecule has 5 N–H and O–H groups in total. The predicted molar refractivity (Wildman–Crippen MR) is 41.9 cm³/mol. The topological polar surface area (TPSA) is 120 Å². The Morgan fingerprint density at radius 3 is 2.14 bits per heavy atom. The molecule has 7 nitrogen and oxygen atoms in total. The molecule has 0 aromatic heterocycles. The Morgan fingerprint density at radius 1 is 1.00 bits per heavy atom. The third kappa shape index (κ3) is 2.20. The molecule has 84 valence electrons. The summed E-state index contributed by atoms with van der Waals surface area (Å²) in [7, 11) is 0. The van der Waals surface area contributed by atoms with Gasteiger partial charge in [-0.2, -0.15) is 0 Å². The second-order valence-electron chi connectivity index (χ2n) is 2.99. The Labute approximate surface area is 80.1 Å². The molecule has 1 aliphatic heterocycles. The van der Waals surface area contributed by atoms with E-state index in [-0.39, 0.29) is 0 Å². The van der Waals surface area contributed by atoms with Crippen LogP contribution in [0.15, 0.2) is 0 Å². The highest BCUT2D eigenvalue weighted by Gasteiger charge is 2.43. The molecule has 0 aromatic carbocycles. The van der Waals surface area contributed by atoms with Gasteiger partial charge in [0, 0.05) is 0 Å². The van der Waals surface area contributed by atoms with Crippen LogP contribution in [0.3, 0.4) is 0 Å². The van der Waals surface area contributed by atoms with Gasteiger partial charge in [0.25, 0.3) is 0 Å².